The smallest absolute Gasteiger partial charge is 0.219 e. The van der Waals surface area contributed by atoms with Crippen LogP contribution in [0.5, 0.6) is 0 Å². The summed E-state index contributed by atoms with van der Waals surface area (Å²) in [6.07, 6.45) is 1.98. The van der Waals surface area contributed by atoms with E-state index in [-0.39, 0.29) is 5.91 Å². The van der Waals surface area contributed by atoms with Crippen LogP contribution in [-0.4, -0.2) is 41.4 Å². The van der Waals surface area contributed by atoms with Crippen molar-refractivity contribution in [3.05, 3.63) is 23.5 Å². The Labute approximate surface area is 112 Å². The number of likely N-dealkylation sites (tertiary alicyclic amines) is 1. The Morgan fingerprint density at radius 2 is 2.21 bits per heavy atom. The minimum atomic E-state index is 0.164. The van der Waals surface area contributed by atoms with E-state index in [1.54, 1.807) is 6.92 Å². The summed E-state index contributed by atoms with van der Waals surface area (Å²) in [4.78, 5) is 20.6. The van der Waals surface area contributed by atoms with Gasteiger partial charge in [-0.25, -0.2) is 4.99 Å². The minimum absolute atomic E-state index is 0.164. The lowest BCUT2D eigenvalue weighted by Crippen LogP contribution is -2.49. The molecular weight excluding hydrogens is 242 g/mol. The molecule has 0 bridgehead atoms. The Morgan fingerprint density at radius 3 is 2.79 bits per heavy atom. The molecule has 104 valence electrons. The number of nitrogens with two attached hydrogens (primary N) is 1. The summed E-state index contributed by atoms with van der Waals surface area (Å²) in [5.41, 5.74) is 11.5. The number of carbonyl (C=O) groups excluding carboxylic acids is 1. The number of carbonyl (C=O) groups is 1. The van der Waals surface area contributed by atoms with E-state index >= 15 is 0 Å². The highest BCUT2D eigenvalue weighted by atomic mass is 16.2. The summed E-state index contributed by atoms with van der Waals surface area (Å²) in [7, 11) is 0. The summed E-state index contributed by atoms with van der Waals surface area (Å²) < 4.78 is 0. The number of nitrogens with one attached hydrogen (secondary N) is 1. The van der Waals surface area contributed by atoms with Gasteiger partial charge in [0.05, 0.1) is 5.69 Å². The van der Waals surface area contributed by atoms with Crippen molar-refractivity contribution in [1.82, 2.24) is 9.88 Å². The number of aromatic amines is 1. The Morgan fingerprint density at radius 1 is 1.53 bits per heavy atom. The summed E-state index contributed by atoms with van der Waals surface area (Å²) in [5, 5.41) is 0. The van der Waals surface area contributed by atoms with Gasteiger partial charge in [-0.05, 0) is 25.0 Å². The maximum absolute atomic E-state index is 11.3. The van der Waals surface area contributed by atoms with Gasteiger partial charge in [0.25, 0.3) is 0 Å². The monoisotopic (exact) mass is 264 g/mol. The fourth-order valence-corrected chi connectivity index (χ4v) is 2.51. The second kappa shape index (κ2) is 5.88. The van der Waals surface area contributed by atoms with Crippen molar-refractivity contribution in [3.8, 4) is 0 Å². The van der Waals surface area contributed by atoms with Crippen LogP contribution in [0.25, 0.3) is 0 Å². The topological polar surface area (TPSA) is 102 Å². The van der Waals surface area contributed by atoms with E-state index < -0.39 is 0 Å². The predicted octanol–water partition coefficient (Wildman–Crippen LogP) is -0.355. The average molecular weight is 264 g/mol. The second-order valence-electron chi connectivity index (χ2n) is 4.87. The highest BCUT2D eigenvalue weighted by Crippen LogP contribution is 2.27. The Kier molecular flexibility index (Phi) is 4.21. The third-order valence-electron chi connectivity index (χ3n) is 3.65. The van der Waals surface area contributed by atoms with Crippen LogP contribution >= 0.6 is 0 Å². The number of quaternary nitrogens is 1. The third kappa shape index (κ3) is 3.14. The van der Waals surface area contributed by atoms with Gasteiger partial charge in [-0.3, -0.25) is 4.79 Å². The van der Waals surface area contributed by atoms with Gasteiger partial charge in [-0.2, -0.15) is 0 Å². The van der Waals surface area contributed by atoms with Crippen LogP contribution in [0.2, 0.25) is 0 Å². The number of amidine groups is 1. The van der Waals surface area contributed by atoms with Crippen LogP contribution in [-0.2, 0) is 4.79 Å². The summed E-state index contributed by atoms with van der Waals surface area (Å²) in [6, 6.07) is 4.02. The molecule has 1 aromatic rings. The molecule has 0 saturated carbocycles. The van der Waals surface area contributed by atoms with E-state index in [1.807, 2.05) is 11.0 Å². The lowest BCUT2D eigenvalue weighted by molar-refractivity contribution is -0.364. The number of nitrogens with zero attached hydrogens (tertiary/aromatic N) is 2. The van der Waals surface area contributed by atoms with E-state index in [9.17, 15) is 4.79 Å². The molecule has 1 amide bonds. The average Bonchev–Trinajstić information content (AvgIpc) is 2.89. The number of hydrogen-bond donors (Lipinski definition) is 3. The molecule has 2 heterocycles. The van der Waals surface area contributed by atoms with Gasteiger partial charge < -0.3 is 21.4 Å². The summed E-state index contributed by atoms with van der Waals surface area (Å²) in [5.74, 6) is 1.14. The second-order valence-corrected chi connectivity index (χ2v) is 4.87. The van der Waals surface area contributed by atoms with Gasteiger partial charge in [0.2, 0.25) is 5.91 Å². The minimum Gasteiger partial charge on any atom is -0.382 e. The van der Waals surface area contributed by atoms with Crippen LogP contribution < -0.4 is 11.5 Å². The van der Waals surface area contributed by atoms with E-state index in [2.05, 4.69) is 21.8 Å². The molecule has 1 aliphatic heterocycles. The number of H-pyrrole nitrogens is 1. The molecule has 1 saturated heterocycles. The number of piperidine rings is 1. The lowest BCUT2D eigenvalue weighted by Gasteiger charge is -2.30. The number of aromatic nitrogens is 1. The van der Waals surface area contributed by atoms with Crippen LogP contribution in [0.4, 0.5) is 0 Å². The van der Waals surface area contributed by atoms with E-state index in [4.69, 9.17) is 5.73 Å². The van der Waals surface area contributed by atoms with Crippen LogP contribution in [0, 0.1) is 0 Å². The molecule has 1 aromatic heterocycles. The fraction of sp³-hybridized carbons (Fsp3) is 0.538. The van der Waals surface area contributed by atoms with Gasteiger partial charge >= 0.3 is 0 Å². The molecular formula is C13H22N5O+. The van der Waals surface area contributed by atoms with E-state index in [0.29, 0.717) is 18.4 Å². The summed E-state index contributed by atoms with van der Waals surface area (Å²) in [6.45, 7) is 3.73. The van der Waals surface area contributed by atoms with Crippen molar-refractivity contribution >= 4 is 11.7 Å². The number of amides is 1. The molecule has 19 heavy (non-hydrogen) atoms. The number of hydrogen-bond acceptors (Lipinski definition) is 2. The molecule has 2 rings (SSSR count). The van der Waals surface area contributed by atoms with E-state index in [0.717, 1.165) is 31.6 Å². The van der Waals surface area contributed by atoms with Gasteiger partial charge in [-0.15, -0.1) is 0 Å². The molecule has 6 N–H and O–H groups in total. The predicted molar refractivity (Wildman–Crippen MR) is 73.5 cm³/mol. The zero-order valence-electron chi connectivity index (χ0n) is 11.4. The van der Waals surface area contributed by atoms with Crippen molar-refractivity contribution in [1.29, 1.82) is 0 Å². The largest absolute Gasteiger partial charge is 0.382 e. The van der Waals surface area contributed by atoms with Crippen molar-refractivity contribution in [2.24, 2.45) is 10.7 Å². The van der Waals surface area contributed by atoms with Gasteiger partial charge in [-0.1, -0.05) is 0 Å². The van der Waals surface area contributed by atoms with Crippen LogP contribution in [0.3, 0.4) is 0 Å². The normalized spacial score (nSPS) is 17.8. The SMILES string of the molecule is CC(=O)N1CCC(c2ccc(C(N)=NC[NH3+])[nH]2)CC1. The Balaban J connectivity index is 2.01. The maximum Gasteiger partial charge on any atom is 0.219 e. The quantitative estimate of drug-likeness (QED) is 0.513. The van der Waals surface area contributed by atoms with Crippen LogP contribution in [0.1, 0.15) is 37.1 Å². The maximum atomic E-state index is 11.3. The molecule has 0 aromatic carbocycles. The molecule has 1 fully saturated rings. The highest BCUT2D eigenvalue weighted by molar-refractivity contribution is 5.95. The lowest BCUT2D eigenvalue weighted by atomic mass is 9.94. The van der Waals surface area contributed by atoms with Crippen molar-refractivity contribution < 1.29 is 10.5 Å². The van der Waals surface area contributed by atoms with Gasteiger partial charge in [0.15, 0.2) is 6.67 Å². The first-order chi connectivity index (χ1) is 9.11. The Bertz CT molecular complexity index is 471. The molecule has 0 unspecified atom stereocenters. The molecule has 0 radical (unpaired) electrons. The molecule has 6 nitrogen and oxygen atoms in total. The molecule has 0 atom stereocenters. The standard InChI is InChI=1S/C13H21N5O/c1-9(19)18-6-4-10(5-7-18)11-2-3-12(17-11)13(15)16-8-14/h2-3,10,17H,4-8,14H2,1H3,(H2,15,16)/p+1. The number of aliphatic imine (C=N–C) groups is 1. The first kappa shape index (κ1) is 13.6. The third-order valence-corrected chi connectivity index (χ3v) is 3.65. The first-order valence-corrected chi connectivity index (χ1v) is 6.65. The van der Waals surface area contributed by atoms with Crippen molar-refractivity contribution in [2.75, 3.05) is 19.8 Å². The first-order valence-electron chi connectivity index (χ1n) is 6.65. The zero-order chi connectivity index (χ0) is 13.8. The highest BCUT2D eigenvalue weighted by Gasteiger charge is 2.23. The van der Waals surface area contributed by atoms with Gasteiger partial charge in [0.1, 0.15) is 5.84 Å². The molecule has 0 aliphatic carbocycles. The summed E-state index contributed by atoms with van der Waals surface area (Å²) >= 11 is 0. The zero-order valence-corrected chi connectivity index (χ0v) is 11.4. The molecule has 0 spiro atoms. The fourth-order valence-electron chi connectivity index (χ4n) is 2.51. The molecule has 6 heteroatoms. The molecule has 1 aliphatic rings. The Hall–Kier alpha value is -1.82. The van der Waals surface area contributed by atoms with Gasteiger partial charge in [0, 0.05) is 31.6 Å². The van der Waals surface area contributed by atoms with E-state index in [1.165, 1.54) is 5.69 Å². The number of rotatable bonds is 3. The van der Waals surface area contributed by atoms with Crippen molar-refractivity contribution in [2.45, 2.75) is 25.7 Å². The van der Waals surface area contributed by atoms with Crippen molar-refractivity contribution in [3.63, 3.8) is 0 Å². The van der Waals surface area contributed by atoms with Crippen LogP contribution in [0.15, 0.2) is 17.1 Å².